The third-order valence-corrected chi connectivity index (χ3v) is 3.93. The lowest BCUT2D eigenvalue weighted by atomic mass is 9.89. The largest absolute Gasteiger partial charge is 0.367 e. The molecule has 1 aromatic carbocycles. The molecule has 0 bridgehead atoms. The van der Waals surface area contributed by atoms with Crippen LogP contribution in [0.25, 0.3) is 0 Å². The number of halogens is 1. The van der Waals surface area contributed by atoms with Gasteiger partial charge in [0, 0.05) is 17.5 Å². The van der Waals surface area contributed by atoms with Crippen molar-refractivity contribution in [3.05, 3.63) is 34.9 Å². The Balaban J connectivity index is 2.20. The normalized spacial score (nSPS) is 22.2. The Morgan fingerprint density at radius 1 is 1.55 bits per heavy atom. The summed E-state index contributed by atoms with van der Waals surface area (Å²) in [6, 6.07) is 7.62. The van der Waals surface area contributed by atoms with Crippen molar-refractivity contribution in [3.63, 3.8) is 0 Å². The number of piperidine rings is 1. The maximum atomic E-state index is 11.3. The molecule has 0 aromatic heterocycles. The zero-order valence-corrected chi connectivity index (χ0v) is 12.4. The van der Waals surface area contributed by atoms with E-state index in [0.29, 0.717) is 10.9 Å². The first-order chi connectivity index (χ1) is 9.58. The summed E-state index contributed by atoms with van der Waals surface area (Å²) in [7, 11) is 0. The molecule has 1 amide bonds. The summed E-state index contributed by atoms with van der Waals surface area (Å²) in [4.78, 5) is 11.3. The van der Waals surface area contributed by atoms with E-state index in [-0.39, 0.29) is 6.10 Å². The first kappa shape index (κ1) is 15.3. The molecule has 1 aromatic rings. The molecule has 0 radical (unpaired) electrons. The summed E-state index contributed by atoms with van der Waals surface area (Å²) in [6.07, 6.45) is 1.40. The lowest BCUT2D eigenvalue weighted by molar-refractivity contribution is -0.135. The van der Waals surface area contributed by atoms with E-state index < -0.39 is 12.0 Å². The monoisotopic (exact) mass is 296 g/mol. The van der Waals surface area contributed by atoms with E-state index in [9.17, 15) is 4.79 Å². The van der Waals surface area contributed by atoms with Crippen LogP contribution < -0.4 is 11.1 Å². The molecule has 0 aliphatic carbocycles. The third-order valence-electron chi connectivity index (χ3n) is 3.69. The van der Waals surface area contributed by atoms with Gasteiger partial charge in [0.2, 0.25) is 5.91 Å². The third kappa shape index (κ3) is 3.95. The minimum atomic E-state index is -0.610. The number of carbonyl (C=O) groups is 1. The average Bonchev–Trinajstić information content (AvgIpc) is 2.45. The maximum Gasteiger partial charge on any atom is 0.246 e. The van der Waals surface area contributed by atoms with Crippen molar-refractivity contribution >= 4 is 17.5 Å². The van der Waals surface area contributed by atoms with Gasteiger partial charge in [-0.05, 0) is 44.0 Å². The van der Waals surface area contributed by atoms with E-state index >= 15 is 0 Å². The fraction of sp³-hybridized carbons (Fsp3) is 0.533. The van der Waals surface area contributed by atoms with Gasteiger partial charge >= 0.3 is 0 Å². The number of ether oxygens (including phenoxy) is 1. The fourth-order valence-corrected chi connectivity index (χ4v) is 2.77. The van der Waals surface area contributed by atoms with E-state index in [1.807, 2.05) is 24.3 Å². The Hall–Kier alpha value is -1.10. The molecule has 0 saturated carbocycles. The van der Waals surface area contributed by atoms with Crippen molar-refractivity contribution in [1.82, 2.24) is 5.32 Å². The van der Waals surface area contributed by atoms with E-state index in [1.54, 1.807) is 6.92 Å². The van der Waals surface area contributed by atoms with Crippen LogP contribution in [0.4, 0.5) is 0 Å². The highest BCUT2D eigenvalue weighted by Crippen LogP contribution is 2.32. The molecule has 3 atom stereocenters. The fourth-order valence-electron chi connectivity index (χ4n) is 2.57. The van der Waals surface area contributed by atoms with Crippen LogP contribution in [0.15, 0.2) is 24.3 Å². The van der Waals surface area contributed by atoms with Gasteiger partial charge in [-0.25, -0.2) is 0 Å². The predicted molar refractivity (Wildman–Crippen MR) is 79.5 cm³/mol. The molecule has 110 valence electrons. The van der Waals surface area contributed by atoms with Gasteiger partial charge in [0.05, 0.1) is 6.10 Å². The number of nitrogens with one attached hydrogen (secondary N) is 1. The summed E-state index contributed by atoms with van der Waals surface area (Å²) < 4.78 is 5.92. The number of hydrogen-bond donors (Lipinski definition) is 2. The number of rotatable bonds is 5. The number of benzene rings is 1. The van der Waals surface area contributed by atoms with Gasteiger partial charge < -0.3 is 15.8 Å². The molecule has 3 unspecified atom stereocenters. The summed E-state index contributed by atoms with van der Waals surface area (Å²) in [6.45, 7) is 3.60. The molecular formula is C15H21ClN2O2. The van der Waals surface area contributed by atoms with Crippen molar-refractivity contribution in [3.8, 4) is 0 Å². The second-order valence-electron chi connectivity index (χ2n) is 5.26. The van der Waals surface area contributed by atoms with Gasteiger partial charge in [-0.1, -0.05) is 23.7 Å². The minimum absolute atomic E-state index is 0.163. The lowest BCUT2D eigenvalue weighted by Crippen LogP contribution is -2.37. The summed E-state index contributed by atoms with van der Waals surface area (Å²) in [5.41, 5.74) is 6.32. The predicted octanol–water partition coefficient (Wildman–Crippen LogP) is 2.27. The molecule has 1 saturated heterocycles. The molecule has 2 rings (SSSR count). The van der Waals surface area contributed by atoms with Gasteiger partial charge in [-0.2, -0.15) is 0 Å². The van der Waals surface area contributed by atoms with Crippen molar-refractivity contribution < 1.29 is 9.53 Å². The highest BCUT2D eigenvalue weighted by Gasteiger charge is 2.28. The average molecular weight is 297 g/mol. The van der Waals surface area contributed by atoms with E-state index in [2.05, 4.69) is 5.32 Å². The van der Waals surface area contributed by atoms with E-state index in [4.69, 9.17) is 22.1 Å². The Morgan fingerprint density at radius 3 is 2.95 bits per heavy atom. The molecule has 1 heterocycles. The molecule has 1 fully saturated rings. The molecule has 3 N–H and O–H groups in total. The van der Waals surface area contributed by atoms with Crippen molar-refractivity contribution in [2.75, 3.05) is 13.1 Å². The summed E-state index contributed by atoms with van der Waals surface area (Å²) in [5, 5.41) is 4.05. The highest BCUT2D eigenvalue weighted by atomic mass is 35.5. The van der Waals surface area contributed by atoms with Gasteiger partial charge in [0.25, 0.3) is 0 Å². The van der Waals surface area contributed by atoms with Crippen LogP contribution in [-0.4, -0.2) is 25.1 Å². The lowest BCUT2D eigenvalue weighted by Gasteiger charge is -2.32. The summed E-state index contributed by atoms with van der Waals surface area (Å²) >= 11 is 6.06. The van der Waals surface area contributed by atoms with E-state index in [1.165, 1.54) is 0 Å². The molecule has 5 heteroatoms. The van der Waals surface area contributed by atoms with Gasteiger partial charge in [0.15, 0.2) is 0 Å². The topological polar surface area (TPSA) is 64.3 Å². The van der Waals surface area contributed by atoms with Crippen LogP contribution in [0.3, 0.4) is 0 Å². The molecule has 20 heavy (non-hydrogen) atoms. The molecule has 0 spiro atoms. The second kappa shape index (κ2) is 7.07. The van der Waals surface area contributed by atoms with Gasteiger partial charge in [-0.3, -0.25) is 4.79 Å². The molecule has 4 nitrogen and oxygen atoms in total. The number of carbonyl (C=O) groups excluding carboxylic acids is 1. The zero-order chi connectivity index (χ0) is 14.5. The summed E-state index contributed by atoms with van der Waals surface area (Å²) in [5.74, 6) is -0.121. The van der Waals surface area contributed by atoms with Crippen LogP contribution in [-0.2, 0) is 9.53 Å². The quantitative estimate of drug-likeness (QED) is 0.876. The Bertz CT molecular complexity index is 461. The van der Waals surface area contributed by atoms with Crippen molar-refractivity contribution in [2.45, 2.75) is 32.0 Å². The standard InChI is InChI=1S/C15H21ClN2O2/c1-10(15(17)19)20-14(12-5-3-7-18-9-12)11-4-2-6-13(16)8-11/h2,4,6,8,10,12,14,18H,3,5,7,9H2,1H3,(H2,17,19). The first-order valence-corrected chi connectivity index (χ1v) is 7.36. The van der Waals surface area contributed by atoms with Crippen LogP contribution in [0.1, 0.15) is 31.4 Å². The van der Waals surface area contributed by atoms with E-state index in [0.717, 1.165) is 31.5 Å². The zero-order valence-electron chi connectivity index (χ0n) is 11.6. The Kier molecular flexibility index (Phi) is 5.40. The van der Waals surface area contributed by atoms with Gasteiger partial charge in [-0.15, -0.1) is 0 Å². The SMILES string of the molecule is CC(OC(c1cccc(Cl)c1)C1CCCNC1)C(N)=O. The first-order valence-electron chi connectivity index (χ1n) is 6.99. The number of hydrogen-bond acceptors (Lipinski definition) is 3. The minimum Gasteiger partial charge on any atom is -0.367 e. The van der Waals surface area contributed by atoms with Crippen LogP contribution in [0.2, 0.25) is 5.02 Å². The number of amides is 1. The van der Waals surface area contributed by atoms with Crippen molar-refractivity contribution in [2.24, 2.45) is 11.7 Å². The smallest absolute Gasteiger partial charge is 0.246 e. The molecule has 1 aliphatic heterocycles. The van der Waals surface area contributed by atoms with Crippen LogP contribution in [0, 0.1) is 5.92 Å². The highest BCUT2D eigenvalue weighted by molar-refractivity contribution is 6.30. The molecular weight excluding hydrogens is 276 g/mol. The maximum absolute atomic E-state index is 11.3. The van der Waals surface area contributed by atoms with Crippen LogP contribution in [0.5, 0.6) is 0 Å². The second-order valence-corrected chi connectivity index (χ2v) is 5.70. The number of nitrogens with two attached hydrogens (primary N) is 1. The number of primary amides is 1. The molecule has 1 aliphatic rings. The Morgan fingerprint density at radius 2 is 2.35 bits per heavy atom. The van der Waals surface area contributed by atoms with Gasteiger partial charge in [0.1, 0.15) is 6.10 Å². The van der Waals surface area contributed by atoms with Crippen LogP contribution >= 0.6 is 11.6 Å². The Labute approximate surface area is 124 Å². The van der Waals surface area contributed by atoms with Crippen molar-refractivity contribution in [1.29, 1.82) is 0 Å².